The Morgan fingerprint density at radius 1 is 1.55 bits per heavy atom. The van der Waals surface area contributed by atoms with E-state index in [9.17, 15) is 4.39 Å². The molecule has 0 bridgehead atoms. The van der Waals surface area contributed by atoms with Gasteiger partial charge in [-0.05, 0) is 25.2 Å². The van der Waals surface area contributed by atoms with Crippen molar-refractivity contribution in [1.29, 1.82) is 0 Å². The molecule has 0 spiro atoms. The third kappa shape index (κ3) is 4.38. The third-order valence-corrected chi connectivity index (χ3v) is 3.13. The fourth-order valence-corrected chi connectivity index (χ4v) is 2.04. The molecule has 1 aliphatic rings. The van der Waals surface area contributed by atoms with Gasteiger partial charge in [0.2, 0.25) is 0 Å². The Labute approximate surface area is 123 Å². The van der Waals surface area contributed by atoms with Gasteiger partial charge in [-0.25, -0.2) is 4.39 Å². The van der Waals surface area contributed by atoms with E-state index in [-0.39, 0.29) is 17.7 Å². The Morgan fingerprint density at radius 2 is 2.40 bits per heavy atom. The van der Waals surface area contributed by atoms with Gasteiger partial charge in [0.05, 0.1) is 12.5 Å². The van der Waals surface area contributed by atoms with Crippen LogP contribution in [0.5, 0.6) is 5.75 Å². The second-order valence-electron chi connectivity index (χ2n) is 4.65. The minimum Gasteiger partial charge on any atom is -0.488 e. The first-order chi connectivity index (χ1) is 9.69. The van der Waals surface area contributed by atoms with Crippen molar-refractivity contribution in [3.05, 3.63) is 29.6 Å². The lowest BCUT2D eigenvalue weighted by atomic mass is 10.2. The van der Waals surface area contributed by atoms with Crippen LogP contribution in [0.3, 0.4) is 0 Å². The zero-order chi connectivity index (χ0) is 14.4. The molecular weight excluding hydrogens is 281 g/mol. The number of rotatable bonds is 3. The summed E-state index contributed by atoms with van der Waals surface area (Å²) in [6.45, 7) is 2.70. The number of morpholine rings is 1. The molecule has 0 amide bonds. The van der Waals surface area contributed by atoms with Crippen molar-refractivity contribution < 1.29 is 13.9 Å². The summed E-state index contributed by atoms with van der Waals surface area (Å²) in [5.74, 6) is 5.61. The Kier molecular flexibility index (Phi) is 5.66. The summed E-state index contributed by atoms with van der Waals surface area (Å²) in [5, 5.41) is 0. The van der Waals surface area contributed by atoms with Crippen molar-refractivity contribution in [3.63, 3.8) is 0 Å². The summed E-state index contributed by atoms with van der Waals surface area (Å²) >= 11 is 5.50. The van der Waals surface area contributed by atoms with Crippen molar-refractivity contribution in [3.8, 4) is 17.6 Å². The van der Waals surface area contributed by atoms with Gasteiger partial charge in [-0.1, -0.05) is 11.8 Å². The highest BCUT2D eigenvalue weighted by molar-refractivity contribution is 6.19. The first kappa shape index (κ1) is 15.1. The molecule has 1 aromatic rings. The predicted octanol–water partition coefficient (Wildman–Crippen LogP) is 2.13. The standard InChI is InChI=1S/C15H17ClFNO2/c1-18-7-8-19-13(10-18)11-20-15-9-12(3-2-6-16)4-5-14(15)17/h4-5,9,13H,6-8,10-11H2,1H3. The Hall–Kier alpha value is -1.28. The number of ether oxygens (including phenoxy) is 2. The van der Waals surface area contributed by atoms with Crippen LogP contribution in [-0.4, -0.2) is 50.2 Å². The normalized spacial score (nSPS) is 19.2. The minimum absolute atomic E-state index is 0.0364. The summed E-state index contributed by atoms with van der Waals surface area (Å²) < 4.78 is 24.8. The Bertz CT molecular complexity index is 512. The topological polar surface area (TPSA) is 21.7 Å². The van der Waals surface area contributed by atoms with E-state index in [0.29, 0.717) is 18.8 Å². The monoisotopic (exact) mass is 297 g/mol. The molecule has 5 heteroatoms. The van der Waals surface area contributed by atoms with Crippen molar-refractivity contribution in [2.45, 2.75) is 6.10 Å². The van der Waals surface area contributed by atoms with Crippen LogP contribution < -0.4 is 4.74 Å². The van der Waals surface area contributed by atoms with Gasteiger partial charge in [0.25, 0.3) is 0 Å². The van der Waals surface area contributed by atoms with E-state index in [0.717, 1.165) is 13.1 Å². The van der Waals surface area contributed by atoms with Gasteiger partial charge < -0.3 is 14.4 Å². The fraction of sp³-hybridized carbons (Fsp3) is 0.467. The van der Waals surface area contributed by atoms with E-state index in [1.165, 1.54) is 6.07 Å². The van der Waals surface area contributed by atoms with Crippen molar-refractivity contribution in [1.82, 2.24) is 4.90 Å². The van der Waals surface area contributed by atoms with Crippen LogP contribution in [0.25, 0.3) is 0 Å². The van der Waals surface area contributed by atoms with Crippen LogP contribution in [0.2, 0.25) is 0 Å². The number of benzene rings is 1. The molecule has 1 atom stereocenters. The van der Waals surface area contributed by atoms with Gasteiger partial charge in [0, 0.05) is 18.7 Å². The quantitative estimate of drug-likeness (QED) is 0.630. The van der Waals surface area contributed by atoms with E-state index in [2.05, 4.69) is 16.7 Å². The lowest BCUT2D eigenvalue weighted by Crippen LogP contribution is -2.42. The molecule has 3 nitrogen and oxygen atoms in total. The average Bonchev–Trinajstić information content (AvgIpc) is 2.45. The predicted molar refractivity (Wildman–Crippen MR) is 76.7 cm³/mol. The van der Waals surface area contributed by atoms with Gasteiger partial charge in [-0.3, -0.25) is 0 Å². The summed E-state index contributed by atoms with van der Waals surface area (Å²) in [4.78, 5) is 2.16. The molecule has 0 aliphatic carbocycles. The molecule has 0 N–H and O–H groups in total. The van der Waals surface area contributed by atoms with Crippen molar-refractivity contribution >= 4 is 11.6 Å². The number of halogens is 2. The molecule has 108 valence electrons. The van der Waals surface area contributed by atoms with Crippen LogP contribution in [0, 0.1) is 17.7 Å². The molecule has 0 radical (unpaired) electrons. The lowest BCUT2D eigenvalue weighted by molar-refractivity contribution is -0.0408. The first-order valence-corrected chi connectivity index (χ1v) is 7.00. The number of likely N-dealkylation sites (N-methyl/N-ethyl adjacent to an activating group) is 1. The van der Waals surface area contributed by atoms with Crippen LogP contribution in [-0.2, 0) is 4.74 Å². The van der Waals surface area contributed by atoms with Crippen LogP contribution in [0.15, 0.2) is 18.2 Å². The molecule has 1 unspecified atom stereocenters. The molecule has 2 rings (SSSR count). The molecule has 1 heterocycles. The van der Waals surface area contributed by atoms with Gasteiger partial charge in [0.1, 0.15) is 12.7 Å². The van der Waals surface area contributed by atoms with E-state index in [4.69, 9.17) is 21.1 Å². The summed E-state index contributed by atoms with van der Waals surface area (Å²) in [7, 11) is 2.03. The number of hydrogen-bond donors (Lipinski definition) is 0. The third-order valence-electron chi connectivity index (χ3n) is 3.00. The van der Waals surface area contributed by atoms with Crippen LogP contribution in [0.1, 0.15) is 5.56 Å². The Morgan fingerprint density at radius 3 is 3.15 bits per heavy atom. The van der Waals surface area contributed by atoms with Crippen LogP contribution in [0.4, 0.5) is 4.39 Å². The second kappa shape index (κ2) is 7.49. The first-order valence-electron chi connectivity index (χ1n) is 6.46. The number of alkyl halides is 1. The summed E-state index contributed by atoms with van der Waals surface area (Å²) in [6.07, 6.45) is -0.0364. The van der Waals surface area contributed by atoms with E-state index < -0.39 is 5.82 Å². The van der Waals surface area contributed by atoms with E-state index >= 15 is 0 Å². The van der Waals surface area contributed by atoms with Gasteiger partial charge >= 0.3 is 0 Å². The summed E-state index contributed by atoms with van der Waals surface area (Å²) in [5.41, 5.74) is 0.684. The SMILES string of the molecule is CN1CCOC(COc2cc(C#CCCl)ccc2F)C1. The van der Waals surface area contributed by atoms with Crippen molar-refractivity contribution in [2.24, 2.45) is 0 Å². The largest absolute Gasteiger partial charge is 0.488 e. The highest BCUT2D eigenvalue weighted by Gasteiger charge is 2.18. The lowest BCUT2D eigenvalue weighted by Gasteiger charge is -2.29. The van der Waals surface area contributed by atoms with E-state index in [1.807, 2.05) is 7.05 Å². The molecule has 20 heavy (non-hydrogen) atoms. The maximum Gasteiger partial charge on any atom is 0.165 e. The molecule has 1 fully saturated rings. The molecule has 1 aliphatic heterocycles. The zero-order valence-electron chi connectivity index (χ0n) is 11.4. The minimum atomic E-state index is -0.398. The summed E-state index contributed by atoms with van der Waals surface area (Å²) in [6, 6.07) is 4.54. The zero-order valence-corrected chi connectivity index (χ0v) is 12.1. The highest BCUT2D eigenvalue weighted by atomic mass is 35.5. The van der Waals surface area contributed by atoms with Crippen molar-refractivity contribution in [2.75, 3.05) is 39.2 Å². The Balaban J connectivity index is 1.97. The highest BCUT2D eigenvalue weighted by Crippen LogP contribution is 2.19. The van der Waals surface area contributed by atoms with Crippen LogP contribution >= 0.6 is 11.6 Å². The van der Waals surface area contributed by atoms with E-state index in [1.54, 1.807) is 12.1 Å². The molecule has 1 aromatic carbocycles. The fourth-order valence-electron chi connectivity index (χ4n) is 1.98. The molecule has 1 saturated heterocycles. The number of nitrogens with zero attached hydrogens (tertiary/aromatic N) is 1. The second-order valence-corrected chi connectivity index (χ2v) is 4.91. The number of hydrogen-bond acceptors (Lipinski definition) is 3. The molecule has 0 aromatic heterocycles. The van der Waals surface area contributed by atoms with Gasteiger partial charge in [-0.2, -0.15) is 0 Å². The van der Waals surface area contributed by atoms with Gasteiger partial charge in [0.15, 0.2) is 11.6 Å². The molecular formula is C15H17ClFNO2. The molecule has 0 saturated carbocycles. The maximum atomic E-state index is 13.7. The van der Waals surface area contributed by atoms with Gasteiger partial charge in [-0.15, -0.1) is 11.6 Å². The average molecular weight is 298 g/mol. The smallest absolute Gasteiger partial charge is 0.165 e. The maximum absolute atomic E-state index is 13.7.